The van der Waals surface area contributed by atoms with Crippen molar-refractivity contribution in [1.82, 2.24) is 0 Å². The van der Waals surface area contributed by atoms with Crippen LogP contribution in [0.25, 0.3) is 0 Å². The van der Waals surface area contributed by atoms with E-state index in [4.69, 9.17) is 6.42 Å². The lowest BCUT2D eigenvalue weighted by Gasteiger charge is -2.06. The lowest BCUT2D eigenvalue weighted by molar-refractivity contribution is -0.119. The second-order valence-electron chi connectivity index (χ2n) is 3.93. The molecule has 0 amide bonds. The summed E-state index contributed by atoms with van der Waals surface area (Å²) in [6.45, 7) is 0. The highest BCUT2D eigenvalue weighted by molar-refractivity contribution is 5.78. The minimum Gasteiger partial charge on any atom is -0.300 e. The molecule has 0 N–H and O–H groups in total. The molecule has 13 heavy (non-hydrogen) atoms. The molecule has 1 rings (SSSR count). The normalized spacial score (nSPS) is 17.2. The Morgan fingerprint density at radius 3 is 2.62 bits per heavy atom. The quantitative estimate of drug-likeness (QED) is 0.591. The zero-order valence-electron chi connectivity index (χ0n) is 8.22. The number of ketones is 1. The third-order valence-electron chi connectivity index (χ3n) is 2.85. The molecule has 0 atom stereocenters. The van der Waals surface area contributed by atoms with Crippen LogP contribution in [0.4, 0.5) is 0 Å². The van der Waals surface area contributed by atoms with Crippen LogP contribution in [0.1, 0.15) is 51.4 Å². The summed E-state index contributed by atoms with van der Waals surface area (Å²) in [5.41, 5.74) is 0. The molecule has 1 aliphatic rings. The minimum absolute atomic E-state index is 0.352. The predicted octanol–water partition coefficient (Wildman–Crippen LogP) is 2.94. The van der Waals surface area contributed by atoms with Crippen LogP contribution in [-0.2, 0) is 4.79 Å². The van der Waals surface area contributed by atoms with E-state index < -0.39 is 0 Å². The number of hydrogen-bond donors (Lipinski definition) is 0. The van der Waals surface area contributed by atoms with Crippen molar-refractivity contribution in [2.45, 2.75) is 51.4 Å². The Balaban J connectivity index is 2.04. The van der Waals surface area contributed by atoms with E-state index in [1.54, 1.807) is 0 Å². The lowest BCUT2D eigenvalue weighted by Crippen LogP contribution is -2.01. The predicted molar refractivity (Wildman–Crippen MR) is 54.3 cm³/mol. The van der Waals surface area contributed by atoms with Crippen molar-refractivity contribution in [3.8, 4) is 12.3 Å². The average Bonchev–Trinajstić information content (AvgIpc) is 2.64. The fourth-order valence-corrected chi connectivity index (χ4v) is 2.00. The van der Waals surface area contributed by atoms with Gasteiger partial charge in [0.05, 0.1) is 0 Å². The van der Waals surface area contributed by atoms with Crippen molar-refractivity contribution in [2.24, 2.45) is 5.92 Å². The second kappa shape index (κ2) is 5.80. The number of hydrogen-bond acceptors (Lipinski definition) is 1. The van der Waals surface area contributed by atoms with Gasteiger partial charge in [0.25, 0.3) is 0 Å². The molecule has 0 aromatic rings. The monoisotopic (exact) mass is 178 g/mol. The van der Waals surface area contributed by atoms with Gasteiger partial charge in [0.2, 0.25) is 0 Å². The fraction of sp³-hybridized carbons (Fsp3) is 0.750. The van der Waals surface area contributed by atoms with Crippen LogP contribution in [0.3, 0.4) is 0 Å². The van der Waals surface area contributed by atoms with Crippen LogP contribution in [0, 0.1) is 18.3 Å². The van der Waals surface area contributed by atoms with Gasteiger partial charge in [0, 0.05) is 19.3 Å². The Morgan fingerprint density at radius 2 is 2.00 bits per heavy atom. The third kappa shape index (κ3) is 4.12. The van der Waals surface area contributed by atoms with E-state index in [1.165, 1.54) is 25.7 Å². The summed E-state index contributed by atoms with van der Waals surface area (Å²) in [4.78, 5) is 11.3. The number of carbonyl (C=O) groups excluding carboxylic acids is 1. The highest BCUT2D eigenvalue weighted by atomic mass is 16.1. The molecule has 1 saturated carbocycles. The van der Waals surface area contributed by atoms with E-state index in [0.717, 1.165) is 18.8 Å². The molecule has 1 aliphatic carbocycles. The van der Waals surface area contributed by atoms with Crippen molar-refractivity contribution < 1.29 is 4.79 Å². The first-order valence-corrected chi connectivity index (χ1v) is 5.28. The molecule has 0 radical (unpaired) electrons. The van der Waals surface area contributed by atoms with Gasteiger partial charge in [0.15, 0.2) is 0 Å². The molecule has 0 spiro atoms. The third-order valence-corrected chi connectivity index (χ3v) is 2.85. The topological polar surface area (TPSA) is 17.1 Å². The van der Waals surface area contributed by atoms with E-state index in [9.17, 15) is 4.79 Å². The van der Waals surface area contributed by atoms with Gasteiger partial charge in [-0.15, -0.1) is 12.3 Å². The molecule has 72 valence electrons. The number of rotatable bonds is 5. The summed E-state index contributed by atoms with van der Waals surface area (Å²) in [5.74, 6) is 3.69. The fourth-order valence-electron chi connectivity index (χ4n) is 2.00. The van der Waals surface area contributed by atoms with Gasteiger partial charge in [-0.1, -0.05) is 25.7 Å². The van der Waals surface area contributed by atoms with Crippen molar-refractivity contribution in [3.05, 3.63) is 0 Å². The summed E-state index contributed by atoms with van der Waals surface area (Å²) in [6.07, 6.45) is 13.6. The zero-order chi connectivity index (χ0) is 9.52. The maximum atomic E-state index is 11.3. The maximum absolute atomic E-state index is 11.3. The van der Waals surface area contributed by atoms with Gasteiger partial charge in [-0.2, -0.15) is 0 Å². The van der Waals surface area contributed by atoms with Crippen LogP contribution in [-0.4, -0.2) is 5.78 Å². The standard InChI is InChI=1S/C12H18O/c1-2-3-8-12(13)10-9-11-6-4-5-7-11/h1,11H,3-10H2. The number of terminal acetylenes is 1. The van der Waals surface area contributed by atoms with Crippen LogP contribution in [0.5, 0.6) is 0 Å². The van der Waals surface area contributed by atoms with Gasteiger partial charge in [-0.3, -0.25) is 4.79 Å². The van der Waals surface area contributed by atoms with Crippen molar-refractivity contribution >= 4 is 5.78 Å². The molecule has 0 bridgehead atoms. The van der Waals surface area contributed by atoms with Crippen molar-refractivity contribution in [2.75, 3.05) is 0 Å². The Morgan fingerprint density at radius 1 is 1.31 bits per heavy atom. The zero-order valence-corrected chi connectivity index (χ0v) is 8.22. The van der Waals surface area contributed by atoms with Crippen LogP contribution in [0.15, 0.2) is 0 Å². The summed E-state index contributed by atoms with van der Waals surface area (Å²) in [6, 6.07) is 0. The molecule has 0 aliphatic heterocycles. The van der Waals surface area contributed by atoms with Crippen LogP contribution >= 0.6 is 0 Å². The van der Waals surface area contributed by atoms with Gasteiger partial charge in [0.1, 0.15) is 5.78 Å². The largest absolute Gasteiger partial charge is 0.300 e. The first kappa shape index (κ1) is 10.3. The average molecular weight is 178 g/mol. The second-order valence-corrected chi connectivity index (χ2v) is 3.93. The van der Waals surface area contributed by atoms with Gasteiger partial charge in [-0.05, 0) is 12.3 Å². The number of carbonyl (C=O) groups is 1. The van der Waals surface area contributed by atoms with E-state index >= 15 is 0 Å². The minimum atomic E-state index is 0.352. The Kier molecular flexibility index (Phi) is 4.60. The van der Waals surface area contributed by atoms with Crippen molar-refractivity contribution in [3.63, 3.8) is 0 Å². The first-order chi connectivity index (χ1) is 6.33. The molecule has 1 heteroatoms. The summed E-state index contributed by atoms with van der Waals surface area (Å²) in [5, 5.41) is 0. The Hall–Kier alpha value is -0.770. The molecule has 1 nitrogen and oxygen atoms in total. The van der Waals surface area contributed by atoms with E-state index in [0.29, 0.717) is 18.6 Å². The molecule has 0 saturated heterocycles. The summed E-state index contributed by atoms with van der Waals surface area (Å²) >= 11 is 0. The van der Waals surface area contributed by atoms with Crippen LogP contribution < -0.4 is 0 Å². The summed E-state index contributed by atoms with van der Waals surface area (Å²) < 4.78 is 0. The van der Waals surface area contributed by atoms with Gasteiger partial charge < -0.3 is 0 Å². The van der Waals surface area contributed by atoms with Gasteiger partial charge in [-0.25, -0.2) is 0 Å². The van der Waals surface area contributed by atoms with E-state index in [1.807, 2.05) is 0 Å². The van der Waals surface area contributed by atoms with Gasteiger partial charge >= 0.3 is 0 Å². The maximum Gasteiger partial charge on any atom is 0.133 e. The molecule has 0 heterocycles. The lowest BCUT2D eigenvalue weighted by atomic mass is 9.99. The Bertz CT molecular complexity index is 194. The SMILES string of the molecule is C#CCCC(=O)CCC1CCCC1. The van der Waals surface area contributed by atoms with Crippen LogP contribution in [0.2, 0.25) is 0 Å². The smallest absolute Gasteiger partial charge is 0.133 e. The van der Waals surface area contributed by atoms with Crippen molar-refractivity contribution in [1.29, 1.82) is 0 Å². The first-order valence-electron chi connectivity index (χ1n) is 5.28. The Labute approximate surface area is 80.9 Å². The highest BCUT2D eigenvalue weighted by Crippen LogP contribution is 2.28. The van der Waals surface area contributed by atoms with E-state index in [2.05, 4.69) is 5.92 Å². The molecular formula is C12H18O. The molecule has 1 fully saturated rings. The molecule has 0 aromatic heterocycles. The van der Waals surface area contributed by atoms with E-state index in [-0.39, 0.29) is 0 Å². The molecule has 0 unspecified atom stereocenters. The highest BCUT2D eigenvalue weighted by Gasteiger charge is 2.15. The molecular weight excluding hydrogens is 160 g/mol. The summed E-state index contributed by atoms with van der Waals surface area (Å²) in [7, 11) is 0. The number of Topliss-reactive ketones (excluding diaryl/α,β-unsaturated/α-hetero) is 1. The molecule has 0 aromatic carbocycles.